The van der Waals surface area contributed by atoms with Crippen molar-refractivity contribution in [3.8, 4) is 39.6 Å². The first-order valence-corrected chi connectivity index (χ1v) is 30.5. The highest BCUT2D eigenvalue weighted by Gasteiger charge is 2.40. The maximum atomic E-state index is 14.5. The van der Waals surface area contributed by atoms with Gasteiger partial charge in [0, 0.05) is 110 Å². The van der Waals surface area contributed by atoms with E-state index in [0.29, 0.717) is 106 Å². The maximum absolute atomic E-state index is 14.5. The third-order valence-corrected chi connectivity index (χ3v) is 16.9. The van der Waals surface area contributed by atoms with Gasteiger partial charge in [-0.05, 0) is 87.4 Å². The molecule has 3 aromatic carbocycles. The smallest absolute Gasteiger partial charge is 0.317 e. The first-order valence-electron chi connectivity index (χ1n) is 28.1. The highest BCUT2D eigenvalue weighted by molar-refractivity contribution is 7.85. The van der Waals surface area contributed by atoms with Crippen LogP contribution in [-0.4, -0.2) is 233 Å². The van der Waals surface area contributed by atoms with E-state index in [1.807, 2.05) is 32.0 Å². The summed E-state index contributed by atoms with van der Waals surface area (Å²) >= 11 is 13.1. The van der Waals surface area contributed by atoms with Crippen molar-refractivity contribution in [1.82, 2.24) is 44.9 Å². The number of rotatable bonds is 20. The number of nitrogens with zero attached hydrogens (tertiary/aromatic N) is 7. The Balaban J connectivity index is 0.904. The highest BCUT2D eigenvalue weighted by atomic mass is 35.5. The van der Waals surface area contributed by atoms with E-state index in [-0.39, 0.29) is 109 Å². The van der Waals surface area contributed by atoms with Gasteiger partial charge in [-0.15, -0.1) is 0 Å². The number of aliphatic carboxylic acids is 3. The molecule has 7 N–H and O–H groups in total. The van der Waals surface area contributed by atoms with Crippen molar-refractivity contribution in [2.24, 2.45) is 11.8 Å². The first kappa shape index (κ1) is 65.0. The lowest BCUT2D eigenvalue weighted by atomic mass is 9.81. The zero-order valence-electron chi connectivity index (χ0n) is 48.0. The minimum Gasteiger partial charge on any atom is -0.496 e. The number of morpholine rings is 1. The Morgan fingerprint density at radius 1 is 0.767 bits per heavy atom. The second-order valence-corrected chi connectivity index (χ2v) is 24.9. The number of hydrogen-bond acceptors (Lipinski definition) is 17. The lowest BCUT2D eigenvalue weighted by Crippen LogP contribution is -2.55. The second kappa shape index (κ2) is 28.7. The van der Waals surface area contributed by atoms with Gasteiger partial charge in [0.05, 0.1) is 63.4 Å². The Morgan fingerprint density at radius 3 is 1.90 bits per heavy atom. The fraction of sp³-hybridized carbons (Fsp3) is 0.509. The molecule has 0 unspecified atom stereocenters. The predicted molar refractivity (Wildman–Crippen MR) is 315 cm³/mol. The van der Waals surface area contributed by atoms with Crippen molar-refractivity contribution in [2.75, 3.05) is 123 Å². The third-order valence-electron chi connectivity index (χ3n) is 15.7. The third kappa shape index (κ3) is 17.4. The number of halogens is 2. The van der Waals surface area contributed by atoms with Gasteiger partial charge >= 0.3 is 17.9 Å². The summed E-state index contributed by atoms with van der Waals surface area (Å²) in [5.74, 6) is -6.23. The number of carbonyl (C=O) groups is 7. The number of benzene rings is 3. The van der Waals surface area contributed by atoms with E-state index in [1.54, 1.807) is 65.6 Å². The Bertz CT molecular complexity index is 3250. The molecule has 4 heterocycles. The van der Waals surface area contributed by atoms with Crippen LogP contribution in [0.15, 0.2) is 54.6 Å². The largest absolute Gasteiger partial charge is 0.496 e. The van der Waals surface area contributed by atoms with Gasteiger partial charge in [0.25, 0.3) is 16.0 Å². The molecule has 4 aromatic rings. The molecule has 1 atom stereocenters. The van der Waals surface area contributed by atoms with E-state index >= 15 is 0 Å². The van der Waals surface area contributed by atoms with Crippen LogP contribution < -0.4 is 25.4 Å². The van der Waals surface area contributed by atoms with E-state index < -0.39 is 69.6 Å². The minimum atomic E-state index is -4.80. The van der Waals surface area contributed by atoms with Crippen molar-refractivity contribution in [2.45, 2.75) is 57.7 Å². The molecule has 0 spiro atoms. The molecule has 4 aliphatic rings. The number of hydrogen-bond donors (Lipinski definition) is 7. The van der Waals surface area contributed by atoms with E-state index in [4.69, 9.17) is 42.5 Å². The molecule has 1 aromatic heterocycles. The number of methoxy groups -OCH3 is 1. The summed E-state index contributed by atoms with van der Waals surface area (Å²) in [7, 11) is -3.26. The minimum absolute atomic E-state index is 0.0325. The Hall–Kier alpha value is -6.95. The first-order chi connectivity index (χ1) is 40.8. The Labute approximate surface area is 507 Å². The molecule has 2 saturated heterocycles. The zero-order valence-corrected chi connectivity index (χ0v) is 50.3. The molecule has 29 heteroatoms. The number of nitrogens with one attached hydrogen (secondary N) is 3. The molecule has 0 radical (unpaired) electrons. The quantitative estimate of drug-likeness (QED) is 0.0624. The van der Waals surface area contributed by atoms with Crippen LogP contribution in [0.25, 0.3) is 28.1 Å². The van der Waals surface area contributed by atoms with Gasteiger partial charge in [-0.3, -0.25) is 57.7 Å². The van der Waals surface area contributed by atoms with Crippen molar-refractivity contribution < 1.29 is 76.1 Å². The number of carboxylic acids is 3. The van der Waals surface area contributed by atoms with Gasteiger partial charge in [-0.2, -0.15) is 13.5 Å². The molecule has 0 bridgehead atoms. The summed E-state index contributed by atoms with van der Waals surface area (Å²) < 4.78 is 53.8. The van der Waals surface area contributed by atoms with Crippen LogP contribution in [0.2, 0.25) is 10.0 Å². The van der Waals surface area contributed by atoms with Gasteiger partial charge < -0.3 is 50.4 Å². The van der Waals surface area contributed by atoms with Crippen LogP contribution >= 0.6 is 23.2 Å². The van der Waals surface area contributed by atoms with E-state index in [2.05, 4.69) is 16.0 Å². The second-order valence-electron chi connectivity index (χ2n) is 22.6. The molecule has 26 nitrogen and oxygen atoms in total. The molecule has 86 heavy (non-hydrogen) atoms. The average Bonchev–Trinajstić information content (AvgIpc) is 1.68. The molecule has 466 valence electrons. The van der Waals surface area contributed by atoms with Gasteiger partial charge in [-0.25, -0.2) is 4.68 Å². The lowest BCUT2D eigenvalue weighted by Gasteiger charge is -2.41. The Morgan fingerprint density at radius 2 is 1.35 bits per heavy atom. The Kier molecular flexibility index (Phi) is 21.7. The number of carboxylic acid groups (broad SMARTS) is 3. The number of anilines is 1. The summed E-state index contributed by atoms with van der Waals surface area (Å²) in [6.45, 7) is 4.56. The maximum Gasteiger partial charge on any atom is 0.317 e. The van der Waals surface area contributed by atoms with Crippen LogP contribution in [0, 0.1) is 11.8 Å². The van der Waals surface area contributed by atoms with Crippen LogP contribution in [0.4, 0.5) is 5.69 Å². The number of fused-ring (bicyclic) bond motifs is 3. The van der Waals surface area contributed by atoms with Gasteiger partial charge in [0.1, 0.15) is 29.9 Å². The van der Waals surface area contributed by atoms with Crippen LogP contribution in [0.5, 0.6) is 11.5 Å². The summed E-state index contributed by atoms with van der Waals surface area (Å²) in [6, 6.07) is 14.2. The molecule has 1 aliphatic carbocycles. The molecule has 3 fully saturated rings. The molecular weight excluding hydrogens is 1180 g/mol. The number of ether oxygens (including phenoxy) is 3. The molecule has 8 rings (SSSR count). The van der Waals surface area contributed by atoms with Crippen molar-refractivity contribution in [1.29, 1.82) is 0 Å². The van der Waals surface area contributed by atoms with Crippen molar-refractivity contribution in [3.63, 3.8) is 0 Å². The lowest BCUT2D eigenvalue weighted by molar-refractivity contribution is -0.140. The zero-order chi connectivity index (χ0) is 62.0. The summed E-state index contributed by atoms with van der Waals surface area (Å²) in [5, 5.41) is 42.5. The van der Waals surface area contributed by atoms with E-state index in [9.17, 15) is 61.9 Å². The fourth-order valence-corrected chi connectivity index (χ4v) is 12.5. The van der Waals surface area contributed by atoms with Crippen molar-refractivity contribution >= 4 is 80.5 Å². The standard InChI is InChI=1S/C57H72Cl2N10O16S/c1-57(2)34-84-20-19-68(57)56(79)52-44-32-85-47-26-46(83-3)42(25-43(47)53(44)69(63-52)41-23-38(58)22-39(59)24-41)37-5-4-6-40(21-37)61-54(77)36-9-7-35(8-10-36)27-60-55(78)45(33-86(80,81)82)62-48(70)28-64-11-13-65(29-49(71)72)15-17-67(31-51(75)76)18-16-66(14-12-64)30-50(73)74/h4-6,21-26,35-36,45H,7-20,27-34H2,1-3H3,(H,60,78)(H,61,77)(H,62,70)(H,71,72)(H,73,74)(H,75,76)(H,80,81,82)/t35?,36?,45-/m0/s1. The van der Waals surface area contributed by atoms with Gasteiger partial charge in [0.2, 0.25) is 17.7 Å². The highest BCUT2D eigenvalue weighted by Crippen LogP contribution is 2.47. The topological polar surface area (TPSA) is 332 Å². The summed E-state index contributed by atoms with van der Waals surface area (Å²) in [5.41, 5.74) is 3.75. The summed E-state index contributed by atoms with van der Waals surface area (Å²) in [6.07, 6.45) is 1.96. The normalized spacial score (nSPS) is 19.5. The van der Waals surface area contributed by atoms with Crippen molar-refractivity contribution in [3.05, 3.63) is 75.9 Å². The number of aromatic nitrogens is 2. The number of carbonyl (C=O) groups excluding carboxylic acids is 4. The average molecular weight is 1260 g/mol. The van der Waals surface area contributed by atoms with Gasteiger partial charge in [0.15, 0.2) is 5.69 Å². The SMILES string of the molecule is COc1cc2c(cc1-c1cccc(NC(=O)C3CCC(CNC(=O)[C@H](CS(=O)(=O)O)NC(=O)CN4CCN(CC(=O)O)CCN(CC(=O)O)CCN(CC(=O)O)CC4)CC3)c1)-c1c(c(C(=O)N3CCOCC3(C)C)nn1-c1cc(Cl)cc(Cl)c1)CO2. The van der Waals surface area contributed by atoms with Crippen LogP contribution in [0.3, 0.4) is 0 Å². The van der Waals surface area contributed by atoms with E-state index in [1.165, 1.54) is 7.11 Å². The number of amides is 4. The predicted octanol–water partition coefficient (Wildman–Crippen LogP) is 3.37. The summed E-state index contributed by atoms with van der Waals surface area (Å²) in [4.78, 5) is 98.7. The van der Waals surface area contributed by atoms with E-state index in [0.717, 1.165) is 0 Å². The molecule has 3 aliphatic heterocycles. The van der Waals surface area contributed by atoms with Gasteiger partial charge in [-0.1, -0.05) is 35.3 Å². The molecule has 1 saturated carbocycles. The fourth-order valence-electron chi connectivity index (χ4n) is 11.3. The van der Waals surface area contributed by atoms with Crippen LogP contribution in [-0.2, 0) is 50.2 Å². The molecule has 4 amide bonds. The molecular formula is C57H72Cl2N10O16S. The van der Waals surface area contributed by atoms with Crippen LogP contribution in [0.1, 0.15) is 55.6 Å². The monoisotopic (exact) mass is 1250 g/mol.